The average molecular weight is 674 g/mol. The lowest BCUT2D eigenvalue weighted by molar-refractivity contribution is -0.137. The van der Waals surface area contributed by atoms with Crippen molar-refractivity contribution in [2.24, 2.45) is 4.99 Å². The van der Waals surface area contributed by atoms with Crippen LogP contribution in [0.15, 0.2) is 47.8 Å². The molecule has 1 aromatic carbocycles. The van der Waals surface area contributed by atoms with E-state index in [0.717, 1.165) is 34.4 Å². The van der Waals surface area contributed by atoms with Crippen molar-refractivity contribution < 1.29 is 27.2 Å². The summed E-state index contributed by atoms with van der Waals surface area (Å²) in [6, 6.07) is 5.22. The Labute approximate surface area is 261 Å². The van der Waals surface area contributed by atoms with Gasteiger partial charge in [0.1, 0.15) is 25.6 Å². The number of aromatic nitrogens is 3. The van der Waals surface area contributed by atoms with Crippen molar-refractivity contribution in [3.05, 3.63) is 83.8 Å². The number of benzene rings is 1. The molecule has 3 aromatic heterocycles. The molecule has 8 nitrogen and oxygen atoms in total. The van der Waals surface area contributed by atoms with E-state index in [9.17, 15) is 27.2 Å². The van der Waals surface area contributed by atoms with Crippen LogP contribution in [0.1, 0.15) is 66.8 Å². The number of halogens is 6. The predicted octanol–water partition coefficient (Wildman–Crippen LogP) is 8.30. The number of nitrogens with zero attached hydrogens (tertiary/aromatic N) is 4. The van der Waals surface area contributed by atoms with Gasteiger partial charge in [-0.2, -0.15) is 13.2 Å². The molecule has 0 saturated carbocycles. The van der Waals surface area contributed by atoms with E-state index in [4.69, 9.17) is 23.2 Å². The summed E-state index contributed by atoms with van der Waals surface area (Å²) in [7, 11) is 0. The Hall–Kier alpha value is -3.46. The third-order valence-electron chi connectivity index (χ3n) is 5.82. The number of hydrogen-bond acceptors (Lipinski definition) is 8. The SMILES string of the molecule is CC(=NC(C)c1ncc(C(=O)Nc2ccc(Cl)c(CCCF)c2)s1)c1ncc(C(=O)Nc2cc(C(F)(F)F)c(Cl)cn2)s1. The molecule has 226 valence electrons. The van der Waals surface area contributed by atoms with Crippen molar-refractivity contribution in [1.29, 1.82) is 0 Å². The monoisotopic (exact) mass is 672 g/mol. The number of thiazole rings is 2. The van der Waals surface area contributed by atoms with Crippen LogP contribution >= 0.6 is 45.9 Å². The fourth-order valence-corrected chi connectivity index (χ4v) is 5.72. The van der Waals surface area contributed by atoms with E-state index in [1.54, 1.807) is 32.0 Å². The number of rotatable bonds is 10. The molecular formula is C27H22Cl2F4N6O2S2. The molecule has 0 bridgehead atoms. The Kier molecular flexibility index (Phi) is 10.5. The highest BCUT2D eigenvalue weighted by atomic mass is 35.5. The van der Waals surface area contributed by atoms with Gasteiger partial charge in [0, 0.05) is 16.9 Å². The summed E-state index contributed by atoms with van der Waals surface area (Å²) >= 11 is 13.9. The van der Waals surface area contributed by atoms with Crippen molar-refractivity contribution in [3.63, 3.8) is 0 Å². The fraction of sp³-hybridized carbons (Fsp3) is 0.259. The molecule has 43 heavy (non-hydrogen) atoms. The van der Waals surface area contributed by atoms with Crippen molar-refractivity contribution in [3.8, 4) is 0 Å². The molecule has 0 aliphatic heterocycles. The van der Waals surface area contributed by atoms with Crippen molar-refractivity contribution in [2.45, 2.75) is 38.9 Å². The smallest absolute Gasteiger partial charge is 0.321 e. The van der Waals surface area contributed by atoms with Crippen LogP contribution in [0, 0.1) is 0 Å². The second-order valence-electron chi connectivity index (χ2n) is 9.04. The first-order valence-corrected chi connectivity index (χ1v) is 14.9. The Bertz CT molecular complexity index is 1680. The molecule has 4 rings (SSSR count). The molecule has 1 atom stereocenters. The number of anilines is 2. The van der Waals surface area contributed by atoms with Crippen LogP contribution < -0.4 is 10.6 Å². The summed E-state index contributed by atoms with van der Waals surface area (Å²) in [6.45, 7) is 3.01. The van der Waals surface area contributed by atoms with Gasteiger partial charge in [-0.15, -0.1) is 22.7 Å². The molecule has 4 aromatic rings. The Morgan fingerprint density at radius 2 is 1.67 bits per heavy atom. The standard InChI is InChI=1S/C27H22Cl2F4N6O2S2/c1-13(25-35-11-20(42-25)23(40)38-16-5-6-18(28)15(8-16)4-3-7-30)37-14(2)26-36-12-21(43-26)24(41)39-22-9-17(27(31,32)33)19(29)10-34-22/h5-6,8-13H,3-4,7H2,1-2H3,(H,38,40)(H,34,39,41). The minimum atomic E-state index is -4.71. The largest absolute Gasteiger partial charge is 0.418 e. The fourth-order valence-electron chi connectivity index (χ4n) is 3.73. The Morgan fingerprint density at radius 3 is 2.40 bits per heavy atom. The van der Waals surface area contributed by atoms with Gasteiger partial charge in [0.25, 0.3) is 11.8 Å². The number of nitrogens with one attached hydrogen (secondary N) is 2. The third kappa shape index (κ3) is 8.34. The molecular weight excluding hydrogens is 651 g/mol. The van der Waals surface area contributed by atoms with Crippen molar-refractivity contribution in [1.82, 2.24) is 15.0 Å². The van der Waals surface area contributed by atoms with Gasteiger partial charge in [0.05, 0.1) is 41.4 Å². The summed E-state index contributed by atoms with van der Waals surface area (Å²) in [6.07, 6.45) is -0.388. The first-order chi connectivity index (χ1) is 20.3. The second-order valence-corrected chi connectivity index (χ2v) is 11.9. The zero-order chi connectivity index (χ0) is 31.3. The van der Waals surface area contributed by atoms with Gasteiger partial charge >= 0.3 is 6.18 Å². The van der Waals surface area contributed by atoms with Crippen LogP contribution in [0.3, 0.4) is 0 Å². The summed E-state index contributed by atoms with van der Waals surface area (Å²) in [4.78, 5) is 42.7. The van der Waals surface area contributed by atoms with Gasteiger partial charge in [0.15, 0.2) is 0 Å². The maximum absolute atomic E-state index is 13.1. The van der Waals surface area contributed by atoms with Crippen molar-refractivity contribution in [2.75, 3.05) is 17.3 Å². The lowest BCUT2D eigenvalue weighted by Crippen LogP contribution is -2.13. The normalized spacial score (nSPS) is 12.7. The molecule has 0 saturated heterocycles. The number of pyridine rings is 1. The molecule has 0 spiro atoms. The quantitative estimate of drug-likeness (QED) is 0.130. The first kappa shape index (κ1) is 32.5. The molecule has 16 heteroatoms. The molecule has 0 aliphatic carbocycles. The molecule has 3 heterocycles. The lowest BCUT2D eigenvalue weighted by atomic mass is 10.1. The van der Waals surface area contributed by atoms with E-state index in [2.05, 4.69) is 30.6 Å². The van der Waals surface area contributed by atoms with Gasteiger partial charge in [-0.3, -0.25) is 19.0 Å². The number of aliphatic imine (C=N–C) groups is 1. The minimum absolute atomic E-state index is 0.130. The molecule has 0 fully saturated rings. The zero-order valence-electron chi connectivity index (χ0n) is 22.4. The summed E-state index contributed by atoms with van der Waals surface area (Å²) in [5.74, 6) is -1.38. The van der Waals surface area contributed by atoms with Crippen LogP contribution in [0.5, 0.6) is 0 Å². The van der Waals surface area contributed by atoms with Gasteiger partial charge in [-0.1, -0.05) is 23.2 Å². The van der Waals surface area contributed by atoms with Gasteiger partial charge in [0.2, 0.25) is 0 Å². The van der Waals surface area contributed by atoms with Crippen LogP contribution in [-0.2, 0) is 12.6 Å². The third-order valence-corrected chi connectivity index (χ3v) is 8.76. The number of alkyl halides is 4. The van der Waals surface area contributed by atoms with Gasteiger partial charge in [-0.25, -0.2) is 15.0 Å². The maximum Gasteiger partial charge on any atom is 0.418 e. The Morgan fingerprint density at radius 1 is 0.977 bits per heavy atom. The molecule has 0 aliphatic rings. The highest BCUT2D eigenvalue weighted by molar-refractivity contribution is 7.15. The van der Waals surface area contributed by atoms with Gasteiger partial charge in [-0.05, 0) is 56.5 Å². The van der Waals surface area contributed by atoms with E-state index in [0.29, 0.717) is 50.2 Å². The van der Waals surface area contributed by atoms with E-state index in [-0.39, 0.29) is 16.6 Å². The Balaban J connectivity index is 1.40. The number of amides is 2. The summed E-state index contributed by atoms with van der Waals surface area (Å²) in [5.41, 5.74) is 0.634. The molecule has 2 N–H and O–H groups in total. The number of hydrogen-bond donors (Lipinski definition) is 2. The van der Waals surface area contributed by atoms with Crippen LogP contribution in [0.25, 0.3) is 0 Å². The topological polar surface area (TPSA) is 109 Å². The predicted molar refractivity (Wildman–Crippen MR) is 161 cm³/mol. The highest BCUT2D eigenvalue weighted by Crippen LogP contribution is 2.35. The number of carbonyl (C=O) groups is 2. The maximum atomic E-state index is 13.1. The lowest BCUT2D eigenvalue weighted by Gasteiger charge is -2.10. The summed E-state index contributed by atoms with van der Waals surface area (Å²) in [5, 5.41) is 6.01. The molecule has 2 amide bonds. The molecule has 0 radical (unpaired) electrons. The van der Waals surface area contributed by atoms with Gasteiger partial charge < -0.3 is 10.6 Å². The van der Waals surface area contributed by atoms with Crippen molar-refractivity contribution >= 4 is 74.9 Å². The first-order valence-electron chi connectivity index (χ1n) is 12.5. The summed E-state index contributed by atoms with van der Waals surface area (Å²) < 4.78 is 51.9. The number of aryl methyl sites for hydroxylation is 1. The van der Waals surface area contributed by atoms with Crippen LogP contribution in [0.2, 0.25) is 10.0 Å². The van der Waals surface area contributed by atoms with Crippen LogP contribution in [0.4, 0.5) is 29.1 Å². The van der Waals surface area contributed by atoms with E-state index >= 15 is 0 Å². The van der Waals surface area contributed by atoms with E-state index in [1.165, 1.54) is 12.4 Å². The van der Waals surface area contributed by atoms with E-state index < -0.39 is 35.4 Å². The molecule has 1 unspecified atom stereocenters. The van der Waals surface area contributed by atoms with E-state index in [1.807, 2.05) is 0 Å². The minimum Gasteiger partial charge on any atom is -0.321 e. The zero-order valence-corrected chi connectivity index (χ0v) is 25.6. The van der Waals surface area contributed by atoms with Crippen LogP contribution in [-0.4, -0.2) is 39.2 Å². The highest BCUT2D eigenvalue weighted by Gasteiger charge is 2.34. The average Bonchev–Trinajstić information content (AvgIpc) is 3.65. The number of carbonyl (C=O) groups excluding carboxylic acids is 2. The second kappa shape index (κ2) is 13.9.